The molecule has 300 valence electrons. The predicted octanol–water partition coefficient (Wildman–Crippen LogP) is 17.7. The summed E-state index contributed by atoms with van der Waals surface area (Å²) in [5.41, 5.74) is 12.0. The first kappa shape index (κ1) is 33.2. The van der Waals surface area contributed by atoms with E-state index in [1.165, 1.54) is 10.8 Å². The fourth-order valence-corrected chi connectivity index (χ4v) is 9.24. The van der Waals surface area contributed by atoms with E-state index in [9.17, 15) is 5.48 Å². The Hall–Kier alpha value is -8.46. The highest BCUT2D eigenvalue weighted by Crippen LogP contribution is 2.45. The lowest BCUT2D eigenvalue weighted by atomic mass is 9.91. The number of rotatable bonds is 8. The van der Waals surface area contributed by atoms with Crippen molar-refractivity contribution in [3.63, 3.8) is 0 Å². The number of furan rings is 1. The first-order valence-electron chi connectivity index (χ1n) is 23.6. The van der Waals surface area contributed by atoms with Crippen molar-refractivity contribution in [3.05, 3.63) is 249 Å². The highest BCUT2D eigenvalue weighted by Gasteiger charge is 2.21. The molecule has 2 heteroatoms. The van der Waals surface area contributed by atoms with Crippen LogP contribution in [0, 0.1) is 0 Å². The molecule has 0 N–H and O–H groups in total. The quantitative estimate of drug-likeness (QED) is 0.152. The Balaban J connectivity index is 1.04. The summed E-state index contributed by atoms with van der Waals surface area (Å²) >= 11 is 0. The van der Waals surface area contributed by atoms with Crippen LogP contribution in [0.1, 0.15) is 5.48 Å². The zero-order valence-corrected chi connectivity index (χ0v) is 34.7. The Kier molecular flexibility index (Phi) is 8.19. The second-order valence-corrected chi connectivity index (χ2v) is 16.1. The van der Waals surface area contributed by atoms with Crippen LogP contribution >= 0.6 is 0 Å². The van der Waals surface area contributed by atoms with Crippen LogP contribution in [0.2, 0.25) is 0 Å². The third kappa shape index (κ3) is 6.61. The Morgan fingerprint density at radius 2 is 0.922 bits per heavy atom. The normalized spacial score (nSPS) is 12.3. The maximum atomic E-state index is 9.87. The number of hydrogen-bond donors (Lipinski definition) is 0. The zero-order chi connectivity index (χ0) is 45.9. The smallest absolute Gasteiger partial charge is 0.143 e. The summed E-state index contributed by atoms with van der Waals surface area (Å²) in [6, 6.07) is 75.3. The summed E-state index contributed by atoms with van der Waals surface area (Å²) < 4.78 is 45.9. The number of anilines is 3. The molecule has 11 aromatic carbocycles. The average Bonchev–Trinajstić information content (AvgIpc) is 3.80. The Bertz CT molecular complexity index is 3870. The lowest BCUT2D eigenvalue weighted by Gasteiger charge is -2.27. The second kappa shape index (κ2) is 15.8. The first-order valence-corrected chi connectivity index (χ1v) is 21.6. The van der Waals surface area contributed by atoms with Crippen LogP contribution in [-0.2, 0) is 0 Å². The summed E-state index contributed by atoms with van der Waals surface area (Å²) in [5.74, 6) is 0. The van der Waals surface area contributed by atoms with Gasteiger partial charge in [-0.1, -0.05) is 194 Å². The van der Waals surface area contributed by atoms with Gasteiger partial charge in [0.2, 0.25) is 0 Å². The van der Waals surface area contributed by atoms with Gasteiger partial charge in [-0.3, -0.25) is 0 Å². The van der Waals surface area contributed by atoms with E-state index in [4.69, 9.17) is 4.42 Å². The SMILES string of the molecule is [2H]c1c([2H])c(N(c2ccc(-c3cccc(-c4cccc5ccccc45)c3)cc2)c2cccc3oc4c5ccccc5ccc4c23)c([2H])c([2H])c1-c1ccc(-c2ccccc2)c(-c2ccccc2)c1. The van der Waals surface area contributed by atoms with Crippen molar-refractivity contribution in [2.45, 2.75) is 0 Å². The van der Waals surface area contributed by atoms with Gasteiger partial charge in [-0.15, -0.1) is 0 Å². The molecule has 0 unspecified atom stereocenters. The van der Waals surface area contributed by atoms with Crippen LogP contribution in [0.15, 0.2) is 253 Å². The van der Waals surface area contributed by atoms with Gasteiger partial charge in [0, 0.05) is 22.1 Å². The van der Waals surface area contributed by atoms with Gasteiger partial charge in [0.1, 0.15) is 11.2 Å². The Morgan fingerprint density at radius 1 is 0.328 bits per heavy atom. The molecule has 12 aromatic rings. The summed E-state index contributed by atoms with van der Waals surface area (Å²) in [6.07, 6.45) is 0. The van der Waals surface area contributed by atoms with Gasteiger partial charge in [0.25, 0.3) is 0 Å². The molecule has 0 fully saturated rings. The van der Waals surface area contributed by atoms with Crippen LogP contribution in [-0.4, -0.2) is 0 Å². The molecule has 0 saturated carbocycles. The molecular formula is C62H41NO. The summed E-state index contributed by atoms with van der Waals surface area (Å²) in [6.45, 7) is 0. The number of fused-ring (bicyclic) bond motifs is 6. The van der Waals surface area contributed by atoms with E-state index < -0.39 is 0 Å². The van der Waals surface area contributed by atoms with Gasteiger partial charge in [0.05, 0.1) is 16.6 Å². The van der Waals surface area contributed by atoms with Gasteiger partial charge in [-0.05, 0) is 126 Å². The van der Waals surface area contributed by atoms with Crippen LogP contribution in [0.4, 0.5) is 17.1 Å². The fourth-order valence-electron chi connectivity index (χ4n) is 9.24. The molecule has 12 rings (SSSR count). The highest BCUT2D eigenvalue weighted by molar-refractivity contribution is 6.19. The van der Waals surface area contributed by atoms with E-state index in [1.807, 2.05) is 102 Å². The number of benzene rings is 11. The molecule has 0 spiro atoms. The first-order chi connectivity index (χ1) is 33.4. The van der Waals surface area contributed by atoms with E-state index in [-0.39, 0.29) is 35.4 Å². The topological polar surface area (TPSA) is 16.4 Å². The van der Waals surface area contributed by atoms with Gasteiger partial charge in [0.15, 0.2) is 0 Å². The van der Waals surface area contributed by atoms with Crippen molar-refractivity contribution in [1.82, 2.24) is 0 Å². The molecule has 0 aliphatic heterocycles. The highest BCUT2D eigenvalue weighted by atomic mass is 16.3. The number of nitrogens with zero attached hydrogens (tertiary/aromatic N) is 1. The Morgan fingerprint density at radius 3 is 1.70 bits per heavy atom. The molecule has 1 heterocycles. The Labute approximate surface area is 378 Å². The minimum Gasteiger partial charge on any atom is -0.455 e. The van der Waals surface area contributed by atoms with E-state index in [0.717, 1.165) is 71.6 Å². The molecular weight excluding hydrogens is 775 g/mol. The van der Waals surface area contributed by atoms with Crippen molar-refractivity contribution in [1.29, 1.82) is 0 Å². The maximum Gasteiger partial charge on any atom is 0.143 e. The molecule has 0 radical (unpaired) electrons. The zero-order valence-electron chi connectivity index (χ0n) is 38.7. The average molecular weight is 820 g/mol. The summed E-state index contributed by atoms with van der Waals surface area (Å²) in [4.78, 5) is 1.88. The minimum atomic E-state index is -0.156. The van der Waals surface area contributed by atoms with Gasteiger partial charge >= 0.3 is 0 Å². The van der Waals surface area contributed by atoms with Crippen molar-refractivity contribution in [2.24, 2.45) is 0 Å². The minimum absolute atomic E-state index is 0.130. The summed E-state index contributed by atoms with van der Waals surface area (Å²) in [5, 5.41) is 6.12. The van der Waals surface area contributed by atoms with Gasteiger partial charge in [-0.2, -0.15) is 0 Å². The van der Waals surface area contributed by atoms with Crippen LogP contribution in [0.3, 0.4) is 0 Å². The molecule has 0 aliphatic carbocycles. The van der Waals surface area contributed by atoms with Crippen LogP contribution in [0.25, 0.3) is 99.1 Å². The largest absolute Gasteiger partial charge is 0.455 e. The van der Waals surface area contributed by atoms with Crippen molar-refractivity contribution in [2.75, 3.05) is 4.90 Å². The number of hydrogen-bond acceptors (Lipinski definition) is 2. The molecule has 0 bridgehead atoms. The predicted molar refractivity (Wildman–Crippen MR) is 271 cm³/mol. The van der Waals surface area contributed by atoms with Crippen molar-refractivity contribution in [3.8, 4) is 55.6 Å². The van der Waals surface area contributed by atoms with Crippen molar-refractivity contribution < 1.29 is 9.90 Å². The van der Waals surface area contributed by atoms with E-state index in [0.29, 0.717) is 22.5 Å². The standard InChI is InChI=1S/C62H41NO/c1-3-14-44(15-4-1)55-38-33-49(41-58(55)46-16-5-2-6-17-46)43-30-36-52(37-31-43)63(59-26-13-27-60-61(59)57-39-32-47-19-8-10-24-56(47)62(57)64-60)51-34-28-42(29-35-51)48-21-11-22-50(40-48)54-25-12-20-45-18-7-9-23-53(45)54/h1-41H/i30D,31D,36D,37D. The lowest BCUT2D eigenvalue weighted by molar-refractivity contribution is 0.672. The molecule has 0 saturated heterocycles. The maximum absolute atomic E-state index is 9.87. The third-order valence-corrected chi connectivity index (χ3v) is 12.3. The second-order valence-electron chi connectivity index (χ2n) is 16.1. The van der Waals surface area contributed by atoms with Crippen LogP contribution in [0.5, 0.6) is 0 Å². The molecule has 1 aromatic heterocycles. The molecule has 64 heavy (non-hydrogen) atoms. The molecule has 0 aliphatic rings. The molecule has 2 nitrogen and oxygen atoms in total. The molecule has 0 amide bonds. The van der Waals surface area contributed by atoms with Crippen LogP contribution < -0.4 is 4.90 Å². The molecule has 0 atom stereocenters. The van der Waals surface area contributed by atoms with Crippen molar-refractivity contribution >= 4 is 60.5 Å². The third-order valence-electron chi connectivity index (χ3n) is 12.3. The van der Waals surface area contributed by atoms with Gasteiger partial charge in [-0.25, -0.2) is 0 Å². The lowest BCUT2D eigenvalue weighted by Crippen LogP contribution is -2.10. The summed E-state index contributed by atoms with van der Waals surface area (Å²) in [7, 11) is 0. The van der Waals surface area contributed by atoms with Gasteiger partial charge < -0.3 is 9.32 Å². The fraction of sp³-hybridized carbons (Fsp3) is 0. The van der Waals surface area contributed by atoms with E-state index in [1.54, 1.807) is 0 Å². The van der Waals surface area contributed by atoms with E-state index in [2.05, 4.69) is 127 Å². The van der Waals surface area contributed by atoms with E-state index >= 15 is 0 Å². The monoisotopic (exact) mass is 819 g/mol.